The van der Waals surface area contributed by atoms with Crippen molar-refractivity contribution in [1.82, 2.24) is 10.2 Å². The van der Waals surface area contributed by atoms with Crippen LogP contribution in [0.4, 0.5) is 10.5 Å². The number of piperidine rings is 1. The van der Waals surface area contributed by atoms with Gasteiger partial charge in [0, 0.05) is 24.3 Å². The first-order valence-electron chi connectivity index (χ1n) is 7.14. The molecule has 4 heteroatoms. The number of rotatable bonds is 2. The maximum absolute atomic E-state index is 11.9. The van der Waals surface area contributed by atoms with Crippen LogP contribution in [0.5, 0.6) is 0 Å². The number of carbonyl (C=O) groups is 1. The van der Waals surface area contributed by atoms with Crippen molar-refractivity contribution in [3.05, 3.63) is 29.8 Å². The maximum Gasteiger partial charge on any atom is 0.319 e. The lowest BCUT2D eigenvalue weighted by Crippen LogP contribution is -2.56. The number of likely N-dealkylation sites (tertiary alicyclic amines) is 1. The van der Waals surface area contributed by atoms with Crippen LogP contribution in [0, 0.1) is 0 Å². The van der Waals surface area contributed by atoms with Crippen LogP contribution in [0.25, 0.3) is 0 Å². The fourth-order valence-corrected chi connectivity index (χ4v) is 3.32. The Balaban J connectivity index is 1.87. The molecule has 2 heterocycles. The molecule has 1 aromatic rings. The van der Waals surface area contributed by atoms with Gasteiger partial charge in [0.05, 0.1) is 5.54 Å². The van der Waals surface area contributed by atoms with Crippen LogP contribution >= 0.6 is 0 Å². The van der Waals surface area contributed by atoms with E-state index in [1.54, 1.807) is 0 Å². The molecule has 1 aromatic carbocycles. The highest BCUT2D eigenvalue weighted by molar-refractivity contribution is 5.93. The van der Waals surface area contributed by atoms with Crippen LogP contribution < -0.4 is 10.6 Å². The average molecular weight is 259 g/mol. The molecule has 0 radical (unpaired) electrons. The minimum Gasteiger partial charge on any atom is -0.328 e. The zero-order valence-corrected chi connectivity index (χ0v) is 11.4. The van der Waals surface area contributed by atoms with Crippen LogP contribution in [0.1, 0.15) is 31.7 Å². The number of urea groups is 1. The maximum atomic E-state index is 11.9. The fraction of sp³-hybridized carbons (Fsp3) is 0.533. The zero-order valence-electron chi connectivity index (χ0n) is 11.4. The summed E-state index contributed by atoms with van der Waals surface area (Å²) >= 11 is 0. The molecular weight excluding hydrogens is 238 g/mol. The molecule has 19 heavy (non-hydrogen) atoms. The molecule has 2 aliphatic heterocycles. The molecule has 2 N–H and O–H groups in total. The van der Waals surface area contributed by atoms with Gasteiger partial charge in [0.2, 0.25) is 0 Å². The first-order valence-corrected chi connectivity index (χ1v) is 7.14. The average Bonchev–Trinajstić information content (AvgIpc) is 2.42. The van der Waals surface area contributed by atoms with Gasteiger partial charge in [-0.2, -0.15) is 0 Å². The van der Waals surface area contributed by atoms with Gasteiger partial charge in [-0.15, -0.1) is 0 Å². The molecule has 1 fully saturated rings. The number of amides is 2. The Bertz CT molecular complexity index is 478. The monoisotopic (exact) mass is 259 g/mol. The molecule has 2 aliphatic rings. The molecule has 0 unspecified atom stereocenters. The Morgan fingerprint density at radius 1 is 1.26 bits per heavy atom. The third-order valence-corrected chi connectivity index (χ3v) is 4.29. The highest BCUT2D eigenvalue weighted by Crippen LogP contribution is 2.39. The molecule has 0 saturated carbocycles. The van der Waals surface area contributed by atoms with Crippen LogP contribution in [-0.4, -0.2) is 30.6 Å². The minimum atomic E-state index is -0.164. The summed E-state index contributed by atoms with van der Waals surface area (Å²) < 4.78 is 0. The normalized spacial score (nSPS) is 21.6. The lowest BCUT2D eigenvalue weighted by Gasteiger charge is -2.45. The summed E-state index contributed by atoms with van der Waals surface area (Å²) in [6.45, 7) is 5.49. The quantitative estimate of drug-likeness (QED) is 0.857. The lowest BCUT2D eigenvalue weighted by molar-refractivity contribution is 0.137. The minimum absolute atomic E-state index is 0.0670. The predicted molar refractivity (Wildman–Crippen MR) is 76.2 cm³/mol. The Labute approximate surface area is 114 Å². The summed E-state index contributed by atoms with van der Waals surface area (Å²) in [5, 5.41) is 6.08. The van der Waals surface area contributed by atoms with Crippen molar-refractivity contribution in [2.45, 2.75) is 31.7 Å². The third kappa shape index (κ3) is 2.21. The van der Waals surface area contributed by atoms with Gasteiger partial charge in [0.1, 0.15) is 0 Å². The van der Waals surface area contributed by atoms with Crippen molar-refractivity contribution in [3.63, 3.8) is 0 Å². The van der Waals surface area contributed by atoms with Gasteiger partial charge in [-0.1, -0.05) is 25.1 Å². The molecule has 2 amide bonds. The number of fused-ring (bicyclic) bond motifs is 2. The van der Waals surface area contributed by atoms with E-state index in [1.807, 2.05) is 12.1 Å². The smallest absolute Gasteiger partial charge is 0.319 e. The number of anilines is 1. The summed E-state index contributed by atoms with van der Waals surface area (Å²) in [6.07, 6.45) is 3.19. The van der Waals surface area contributed by atoms with E-state index in [2.05, 4.69) is 34.6 Å². The Morgan fingerprint density at radius 2 is 2.00 bits per heavy atom. The van der Waals surface area contributed by atoms with E-state index in [-0.39, 0.29) is 11.6 Å². The summed E-state index contributed by atoms with van der Waals surface area (Å²) in [5.74, 6) is 0. The van der Waals surface area contributed by atoms with Gasteiger partial charge < -0.3 is 15.5 Å². The van der Waals surface area contributed by atoms with Gasteiger partial charge in [0.15, 0.2) is 0 Å². The molecule has 0 atom stereocenters. The van der Waals surface area contributed by atoms with E-state index in [9.17, 15) is 4.79 Å². The third-order valence-electron chi connectivity index (χ3n) is 4.29. The Kier molecular flexibility index (Phi) is 3.19. The molecule has 102 valence electrons. The van der Waals surface area contributed by atoms with E-state index in [1.165, 1.54) is 12.0 Å². The topological polar surface area (TPSA) is 44.4 Å². The molecule has 0 aliphatic carbocycles. The molecule has 3 rings (SSSR count). The summed E-state index contributed by atoms with van der Waals surface area (Å²) in [4.78, 5) is 14.4. The molecule has 1 spiro atoms. The van der Waals surface area contributed by atoms with E-state index in [0.717, 1.165) is 38.2 Å². The lowest BCUT2D eigenvalue weighted by atomic mass is 9.79. The highest BCUT2D eigenvalue weighted by Gasteiger charge is 2.41. The summed E-state index contributed by atoms with van der Waals surface area (Å²) in [5.41, 5.74) is 2.05. The van der Waals surface area contributed by atoms with E-state index < -0.39 is 0 Å². The van der Waals surface area contributed by atoms with Crippen molar-refractivity contribution >= 4 is 11.7 Å². The van der Waals surface area contributed by atoms with Gasteiger partial charge in [0.25, 0.3) is 0 Å². The van der Waals surface area contributed by atoms with Gasteiger partial charge in [-0.05, 0) is 31.9 Å². The number of hydrogen-bond acceptors (Lipinski definition) is 2. The van der Waals surface area contributed by atoms with E-state index in [0.29, 0.717) is 0 Å². The zero-order chi connectivity index (χ0) is 13.3. The second-order valence-corrected chi connectivity index (χ2v) is 5.55. The standard InChI is InChI=1S/C15H21N3O/c1-2-9-18-10-7-15(8-11-18)12-5-3-4-6-13(12)16-14(19)17-15/h3-6H,2,7-11H2,1H3,(H2,16,17,19). The van der Waals surface area contributed by atoms with Gasteiger partial charge in [-0.3, -0.25) is 0 Å². The number of para-hydroxylation sites is 1. The Hall–Kier alpha value is -1.55. The number of benzene rings is 1. The van der Waals surface area contributed by atoms with Crippen LogP contribution in [0.15, 0.2) is 24.3 Å². The van der Waals surface area contributed by atoms with Crippen molar-refractivity contribution in [3.8, 4) is 0 Å². The highest BCUT2D eigenvalue weighted by atomic mass is 16.2. The second-order valence-electron chi connectivity index (χ2n) is 5.55. The van der Waals surface area contributed by atoms with Gasteiger partial charge >= 0.3 is 6.03 Å². The number of nitrogens with zero attached hydrogens (tertiary/aromatic N) is 1. The van der Waals surface area contributed by atoms with Crippen LogP contribution in [0.2, 0.25) is 0 Å². The van der Waals surface area contributed by atoms with Gasteiger partial charge in [-0.25, -0.2) is 4.79 Å². The Morgan fingerprint density at radius 3 is 2.74 bits per heavy atom. The summed E-state index contributed by atoms with van der Waals surface area (Å²) in [6, 6.07) is 8.09. The predicted octanol–water partition coefficient (Wildman–Crippen LogP) is 2.52. The van der Waals surface area contributed by atoms with Crippen molar-refractivity contribution in [2.24, 2.45) is 0 Å². The SMILES string of the molecule is CCCN1CCC2(CC1)NC(=O)Nc1ccccc12. The molecule has 0 bridgehead atoms. The summed E-state index contributed by atoms with van der Waals surface area (Å²) in [7, 11) is 0. The van der Waals surface area contributed by atoms with Crippen molar-refractivity contribution in [2.75, 3.05) is 25.0 Å². The van der Waals surface area contributed by atoms with Crippen molar-refractivity contribution in [1.29, 1.82) is 0 Å². The van der Waals surface area contributed by atoms with Crippen LogP contribution in [0.3, 0.4) is 0 Å². The van der Waals surface area contributed by atoms with E-state index >= 15 is 0 Å². The van der Waals surface area contributed by atoms with Crippen LogP contribution in [-0.2, 0) is 5.54 Å². The molecule has 0 aromatic heterocycles. The molecule has 4 nitrogen and oxygen atoms in total. The second kappa shape index (κ2) is 4.85. The first-order chi connectivity index (χ1) is 9.23. The number of hydrogen-bond donors (Lipinski definition) is 2. The number of carbonyl (C=O) groups excluding carboxylic acids is 1. The fourth-order valence-electron chi connectivity index (χ4n) is 3.32. The van der Waals surface area contributed by atoms with Crippen molar-refractivity contribution < 1.29 is 4.79 Å². The van der Waals surface area contributed by atoms with E-state index in [4.69, 9.17) is 0 Å². The molecular formula is C15H21N3O. The molecule has 1 saturated heterocycles. The first kappa shape index (κ1) is 12.5. The largest absolute Gasteiger partial charge is 0.328 e. The number of nitrogens with one attached hydrogen (secondary N) is 2.